The maximum absolute atomic E-state index is 13.8. The van der Waals surface area contributed by atoms with Crippen molar-refractivity contribution in [2.45, 2.75) is 31.2 Å². The first-order valence-electron chi connectivity index (χ1n) is 10.7. The molecule has 9 heteroatoms. The first-order chi connectivity index (χ1) is 15.3. The van der Waals surface area contributed by atoms with E-state index in [-0.39, 0.29) is 22.5 Å². The number of hydrogen-bond donors (Lipinski definition) is 2. The predicted molar refractivity (Wildman–Crippen MR) is 122 cm³/mol. The van der Waals surface area contributed by atoms with Crippen molar-refractivity contribution >= 4 is 21.6 Å². The highest BCUT2D eigenvalue weighted by atomic mass is 32.2. The molecule has 1 atom stereocenters. The number of ether oxygens (including phenoxy) is 1. The molecule has 0 bridgehead atoms. The number of rotatable bonds is 9. The van der Waals surface area contributed by atoms with Gasteiger partial charge in [-0.3, -0.25) is 14.4 Å². The van der Waals surface area contributed by atoms with Gasteiger partial charge in [0.2, 0.25) is 0 Å². The lowest BCUT2D eigenvalue weighted by Crippen LogP contribution is -2.49. The molecule has 32 heavy (non-hydrogen) atoms. The third-order valence-corrected chi connectivity index (χ3v) is 6.73. The molecule has 0 spiro atoms. The molecule has 3 rings (SSSR count). The van der Waals surface area contributed by atoms with Crippen LogP contribution in [0.4, 0.5) is 10.1 Å². The fourth-order valence-corrected chi connectivity index (χ4v) is 4.76. The normalized spacial score (nSPS) is 16.0. The lowest BCUT2D eigenvalue weighted by molar-refractivity contribution is 0.0124. The Morgan fingerprint density at radius 1 is 1.09 bits per heavy atom. The predicted octanol–water partition coefficient (Wildman–Crippen LogP) is 3.10. The second-order valence-corrected chi connectivity index (χ2v) is 9.93. The van der Waals surface area contributed by atoms with Crippen LogP contribution in [-0.2, 0) is 14.8 Å². The number of para-hydroxylation sites is 1. The molecule has 2 aromatic carbocycles. The van der Waals surface area contributed by atoms with Crippen molar-refractivity contribution in [2.75, 3.05) is 37.6 Å². The number of amides is 1. The van der Waals surface area contributed by atoms with Gasteiger partial charge in [0.15, 0.2) is 0 Å². The summed E-state index contributed by atoms with van der Waals surface area (Å²) in [5.74, 6) is -0.437. The maximum atomic E-state index is 13.8. The van der Waals surface area contributed by atoms with Crippen molar-refractivity contribution in [1.29, 1.82) is 0 Å². The van der Waals surface area contributed by atoms with Crippen molar-refractivity contribution in [2.24, 2.45) is 5.92 Å². The number of carbonyl (C=O) groups is 1. The Hall–Kier alpha value is -2.49. The van der Waals surface area contributed by atoms with Crippen molar-refractivity contribution in [1.82, 2.24) is 10.2 Å². The minimum Gasteiger partial charge on any atom is -0.379 e. The Bertz CT molecular complexity index is 1010. The molecule has 2 N–H and O–H groups in total. The summed E-state index contributed by atoms with van der Waals surface area (Å²) in [5.41, 5.74) is 0.230. The van der Waals surface area contributed by atoms with Crippen LogP contribution in [0.15, 0.2) is 53.4 Å². The first-order valence-corrected chi connectivity index (χ1v) is 12.2. The molecule has 0 radical (unpaired) electrons. The quantitative estimate of drug-likeness (QED) is 0.597. The number of halogens is 1. The molecule has 0 aliphatic carbocycles. The fourth-order valence-electron chi connectivity index (χ4n) is 3.69. The summed E-state index contributed by atoms with van der Waals surface area (Å²) in [6.45, 7) is 7.89. The Kier molecular flexibility index (Phi) is 8.22. The molecule has 1 fully saturated rings. The number of nitrogens with one attached hydrogen (secondary N) is 2. The number of benzene rings is 2. The summed E-state index contributed by atoms with van der Waals surface area (Å²) >= 11 is 0. The Morgan fingerprint density at radius 3 is 2.38 bits per heavy atom. The van der Waals surface area contributed by atoms with E-state index in [2.05, 4.69) is 28.8 Å². The average Bonchev–Trinajstić information content (AvgIpc) is 2.78. The van der Waals surface area contributed by atoms with E-state index in [1.165, 1.54) is 48.5 Å². The van der Waals surface area contributed by atoms with Crippen LogP contribution in [0.2, 0.25) is 0 Å². The summed E-state index contributed by atoms with van der Waals surface area (Å²) in [6.07, 6.45) is 0.958. The van der Waals surface area contributed by atoms with E-state index >= 15 is 0 Å². The lowest BCUT2D eigenvalue weighted by atomic mass is 10.0. The topological polar surface area (TPSA) is 87.7 Å². The lowest BCUT2D eigenvalue weighted by Gasteiger charge is -2.35. The number of sulfonamides is 1. The van der Waals surface area contributed by atoms with Crippen LogP contribution in [-0.4, -0.2) is 58.1 Å². The van der Waals surface area contributed by atoms with Gasteiger partial charge in [-0.25, -0.2) is 12.8 Å². The summed E-state index contributed by atoms with van der Waals surface area (Å²) in [5, 5.41) is 2.97. The van der Waals surface area contributed by atoms with Crippen molar-refractivity contribution < 1.29 is 22.3 Å². The molecule has 0 saturated carbocycles. The number of carbonyl (C=O) groups excluding carboxylic acids is 1. The molecule has 0 aromatic heterocycles. The highest BCUT2D eigenvalue weighted by Gasteiger charge is 2.23. The zero-order valence-electron chi connectivity index (χ0n) is 18.4. The Balaban J connectivity index is 1.63. The summed E-state index contributed by atoms with van der Waals surface area (Å²) in [4.78, 5) is 14.9. The SMILES string of the molecule is CC(C)CC(CNC(=O)c1ccc(S(=O)(=O)Nc2ccccc2F)cc1)N1CCOCC1. The Morgan fingerprint density at radius 2 is 1.75 bits per heavy atom. The van der Waals surface area contributed by atoms with E-state index in [1.54, 1.807) is 0 Å². The van der Waals surface area contributed by atoms with E-state index in [1.807, 2.05) is 0 Å². The van der Waals surface area contributed by atoms with Gasteiger partial charge in [-0.1, -0.05) is 26.0 Å². The van der Waals surface area contributed by atoms with Gasteiger partial charge in [-0.2, -0.15) is 0 Å². The van der Waals surface area contributed by atoms with Gasteiger partial charge in [0.1, 0.15) is 5.82 Å². The number of anilines is 1. The molecule has 1 amide bonds. The van der Waals surface area contributed by atoms with Gasteiger partial charge in [0.25, 0.3) is 15.9 Å². The van der Waals surface area contributed by atoms with Gasteiger partial charge >= 0.3 is 0 Å². The summed E-state index contributed by atoms with van der Waals surface area (Å²) in [6, 6.07) is 11.3. The first kappa shape index (κ1) is 24.2. The van der Waals surface area contributed by atoms with Crippen LogP contribution < -0.4 is 10.0 Å². The monoisotopic (exact) mass is 463 g/mol. The molecular weight excluding hydrogens is 433 g/mol. The number of morpholine rings is 1. The van der Waals surface area contributed by atoms with E-state index in [4.69, 9.17) is 4.74 Å². The van der Waals surface area contributed by atoms with E-state index in [9.17, 15) is 17.6 Å². The van der Waals surface area contributed by atoms with E-state index in [0.717, 1.165) is 19.5 Å². The largest absolute Gasteiger partial charge is 0.379 e. The molecule has 1 heterocycles. The van der Waals surface area contributed by atoms with Gasteiger partial charge in [0.05, 0.1) is 23.8 Å². The van der Waals surface area contributed by atoms with Crippen LogP contribution in [0.25, 0.3) is 0 Å². The second-order valence-electron chi connectivity index (χ2n) is 8.25. The van der Waals surface area contributed by atoms with E-state index < -0.39 is 15.8 Å². The van der Waals surface area contributed by atoms with Gasteiger partial charge in [-0.15, -0.1) is 0 Å². The molecule has 1 saturated heterocycles. The van der Waals surface area contributed by atoms with Crippen molar-refractivity contribution in [3.05, 3.63) is 59.9 Å². The molecule has 1 aliphatic rings. The van der Waals surface area contributed by atoms with Crippen LogP contribution >= 0.6 is 0 Å². The van der Waals surface area contributed by atoms with Gasteiger partial charge < -0.3 is 10.1 Å². The highest BCUT2D eigenvalue weighted by molar-refractivity contribution is 7.92. The standard InChI is InChI=1S/C23H30FN3O4S/c1-17(2)15-19(27-11-13-31-14-12-27)16-25-23(28)18-7-9-20(10-8-18)32(29,30)26-22-6-4-3-5-21(22)24/h3-10,17,19,26H,11-16H2,1-2H3,(H,25,28). The molecule has 174 valence electrons. The molecule has 2 aromatic rings. The smallest absolute Gasteiger partial charge is 0.261 e. The third kappa shape index (κ3) is 6.51. The third-order valence-electron chi connectivity index (χ3n) is 5.35. The fraction of sp³-hybridized carbons (Fsp3) is 0.435. The summed E-state index contributed by atoms with van der Waals surface area (Å²) in [7, 11) is -3.97. The van der Waals surface area contributed by atoms with Crippen LogP contribution in [0, 0.1) is 11.7 Å². The van der Waals surface area contributed by atoms with Crippen molar-refractivity contribution in [3.63, 3.8) is 0 Å². The van der Waals surface area contributed by atoms with Crippen LogP contribution in [0.1, 0.15) is 30.6 Å². The van der Waals surface area contributed by atoms with Crippen LogP contribution in [0.5, 0.6) is 0 Å². The molecule has 1 unspecified atom stereocenters. The van der Waals surface area contributed by atoms with Gasteiger partial charge in [-0.05, 0) is 48.7 Å². The van der Waals surface area contributed by atoms with Gasteiger partial charge in [0, 0.05) is 31.2 Å². The number of nitrogens with zero attached hydrogens (tertiary/aromatic N) is 1. The zero-order valence-corrected chi connectivity index (χ0v) is 19.2. The number of hydrogen-bond acceptors (Lipinski definition) is 5. The maximum Gasteiger partial charge on any atom is 0.261 e. The molecule has 7 nitrogen and oxygen atoms in total. The Labute approximate surface area is 189 Å². The van der Waals surface area contributed by atoms with E-state index in [0.29, 0.717) is 31.2 Å². The average molecular weight is 464 g/mol. The zero-order chi connectivity index (χ0) is 23.1. The second kappa shape index (κ2) is 10.9. The molecule has 1 aliphatic heterocycles. The van der Waals surface area contributed by atoms with Crippen LogP contribution in [0.3, 0.4) is 0 Å². The minimum absolute atomic E-state index is 0.0525. The molecular formula is C23H30FN3O4S. The van der Waals surface area contributed by atoms with Crippen molar-refractivity contribution in [3.8, 4) is 0 Å². The summed E-state index contributed by atoms with van der Waals surface area (Å²) < 4.78 is 46.5. The highest BCUT2D eigenvalue weighted by Crippen LogP contribution is 2.19. The minimum atomic E-state index is -3.97.